The number of amides is 3. The molecule has 9 nitrogen and oxygen atoms in total. The molecule has 0 heterocycles. The zero-order chi connectivity index (χ0) is 24.2. The maximum atomic E-state index is 12.3. The lowest BCUT2D eigenvalue weighted by molar-refractivity contribution is -0.123. The molecule has 0 aliphatic heterocycles. The molecule has 0 unspecified atom stereocenters. The summed E-state index contributed by atoms with van der Waals surface area (Å²) in [5.74, 6) is 0.0539. The summed E-state index contributed by atoms with van der Waals surface area (Å²) >= 11 is 0. The third kappa shape index (κ3) is 7.86. The molecule has 0 atom stereocenters. The Morgan fingerprint density at radius 2 is 1.50 bits per heavy atom. The van der Waals surface area contributed by atoms with Crippen molar-refractivity contribution in [3.63, 3.8) is 0 Å². The summed E-state index contributed by atoms with van der Waals surface area (Å²) in [5.41, 5.74) is 6.26. The number of rotatable bonds is 9. The first-order chi connectivity index (χ1) is 16.5. The van der Waals surface area contributed by atoms with Crippen molar-refractivity contribution >= 4 is 23.6 Å². The second kappa shape index (κ2) is 12.5. The summed E-state index contributed by atoms with van der Waals surface area (Å²) in [5, 5.41) is 2.50. The highest BCUT2D eigenvalue weighted by atomic mass is 16.5. The van der Waals surface area contributed by atoms with Gasteiger partial charge in [-0.1, -0.05) is 36.4 Å². The average molecular weight is 463 g/mol. The van der Waals surface area contributed by atoms with Crippen LogP contribution in [0.5, 0.6) is 11.5 Å². The lowest BCUT2D eigenvalue weighted by Crippen LogP contribution is -2.43. The number of benzene rings is 3. The smallest absolute Gasteiger partial charge is 0.411 e. The van der Waals surface area contributed by atoms with Gasteiger partial charge in [0.2, 0.25) is 0 Å². The monoisotopic (exact) mass is 463 g/mol. The molecule has 3 aromatic rings. The lowest BCUT2D eigenvalue weighted by atomic mass is 10.2. The number of nitrogens with one attached hydrogen (secondary N) is 3. The third-order valence-electron chi connectivity index (χ3n) is 4.40. The number of ether oxygens (including phenoxy) is 3. The second-order valence-electron chi connectivity index (χ2n) is 6.96. The molecule has 176 valence electrons. The topological polar surface area (TPSA) is 115 Å². The molecular formula is C25H25N3O6. The maximum Gasteiger partial charge on any atom is 0.411 e. The van der Waals surface area contributed by atoms with Crippen LogP contribution in [-0.4, -0.2) is 31.1 Å². The quantitative estimate of drug-likeness (QED) is 0.417. The van der Waals surface area contributed by atoms with E-state index in [1.165, 1.54) is 12.1 Å². The van der Waals surface area contributed by atoms with E-state index in [2.05, 4.69) is 16.2 Å². The zero-order valence-electron chi connectivity index (χ0n) is 18.6. The van der Waals surface area contributed by atoms with Crippen LogP contribution >= 0.6 is 0 Å². The molecule has 0 bridgehead atoms. The van der Waals surface area contributed by atoms with E-state index in [1.54, 1.807) is 43.3 Å². The van der Waals surface area contributed by atoms with Crippen LogP contribution in [0, 0.1) is 0 Å². The highest BCUT2D eigenvalue weighted by Gasteiger charge is 2.10. The number of hydrogen-bond donors (Lipinski definition) is 3. The molecular weight excluding hydrogens is 438 g/mol. The Morgan fingerprint density at radius 3 is 2.21 bits per heavy atom. The normalized spacial score (nSPS) is 10.0. The van der Waals surface area contributed by atoms with E-state index in [0.717, 1.165) is 5.56 Å². The summed E-state index contributed by atoms with van der Waals surface area (Å²) in [4.78, 5) is 35.8. The summed E-state index contributed by atoms with van der Waals surface area (Å²) in [6.07, 6.45) is -0.624. The molecule has 0 spiro atoms. The van der Waals surface area contributed by atoms with Crippen molar-refractivity contribution in [2.45, 2.75) is 13.5 Å². The van der Waals surface area contributed by atoms with Crippen molar-refractivity contribution in [2.75, 3.05) is 18.5 Å². The fourth-order valence-corrected chi connectivity index (χ4v) is 2.78. The molecule has 3 amide bonds. The van der Waals surface area contributed by atoms with Gasteiger partial charge in [0, 0.05) is 11.3 Å². The van der Waals surface area contributed by atoms with Gasteiger partial charge in [-0.15, -0.1) is 0 Å². The molecule has 0 saturated heterocycles. The molecule has 9 heteroatoms. The molecule has 3 aromatic carbocycles. The first-order valence-electron chi connectivity index (χ1n) is 10.6. The van der Waals surface area contributed by atoms with Gasteiger partial charge < -0.3 is 14.2 Å². The molecule has 0 saturated carbocycles. The number of carbonyl (C=O) groups excluding carboxylic acids is 3. The van der Waals surface area contributed by atoms with Crippen molar-refractivity contribution < 1.29 is 28.6 Å². The van der Waals surface area contributed by atoms with Crippen molar-refractivity contribution in [1.29, 1.82) is 0 Å². The van der Waals surface area contributed by atoms with Gasteiger partial charge in [-0.05, 0) is 55.0 Å². The van der Waals surface area contributed by atoms with E-state index in [1.807, 2.05) is 30.3 Å². The number of anilines is 1. The number of hydrogen-bond acceptors (Lipinski definition) is 6. The Morgan fingerprint density at radius 1 is 0.794 bits per heavy atom. The van der Waals surface area contributed by atoms with E-state index in [0.29, 0.717) is 23.8 Å². The SMILES string of the molecule is CCOC(=O)Nc1cccc(C(=O)NNC(=O)COc2ccc(OCc3ccccc3)cc2)c1. The fourth-order valence-electron chi connectivity index (χ4n) is 2.78. The zero-order valence-corrected chi connectivity index (χ0v) is 18.6. The van der Waals surface area contributed by atoms with Gasteiger partial charge in [-0.25, -0.2) is 4.79 Å². The Hall–Kier alpha value is -4.53. The Bertz CT molecular complexity index is 1100. The van der Waals surface area contributed by atoms with Crippen molar-refractivity contribution in [3.05, 3.63) is 90.0 Å². The van der Waals surface area contributed by atoms with Crippen LogP contribution in [0.3, 0.4) is 0 Å². The maximum absolute atomic E-state index is 12.3. The lowest BCUT2D eigenvalue weighted by Gasteiger charge is -2.11. The van der Waals surface area contributed by atoms with E-state index in [-0.39, 0.29) is 18.8 Å². The fraction of sp³-hybridized carbons (Fsp3) is 0.160. The van der Waals surface area contributed by atoms with Gasteiger partial charge >= 0.3 is 6.09 Å². The first-order valence-corrected chi connectivity index (χ1v) is 10.6. The van der Waals surface area contributed by atoms with Crippen LogP contribution < -0.4 is 25.6 Å². The van der Waals surface area contributed by atoms with Gasteiger partial charge in [0.05, 0.1) is 6.61 Å². The van der Waals surface area contributed by atoms with Crippen LogP contribution in [0.2, 0.25) is 0 Å². The predicted octanol–water partition coefficient (Wildman–Crippen LogP) is 3.67. The van der Waals surface area contributed by atoms with Gasteiger partial charge in [0.25, 0.3) is 11.8 Å². The summed E-state index contributed by atoms with van der Waals surface area (Å²) in [7, 11) is 0. The molecule has 34 heavy (non-hydrogen) atoms. The van der Waals surface area contributed by atoms with Gasteiger partial charge in [0.15, 0.2) is 6.61 Å². The minimum atomic E-state index is -0.624. The van der Waals surface area contributed by atoms with E-state index < -0.39 is 17.9 Å². The Kier molecular flexibility index (Phi) is 8.86. The largest absolute Gasteiger partial charge is 0.489 e. The third-order valence-corrected chi connectivity index (χ3v) is 4.40. The molecule has 0 aliphatic carbocycles. The Balaban J connectivity index is 1.40. The molecule has 0 aromatic heterocycles. The van der Waals surface area contributed by atoms with Gasteiger partial charge in [-0.3, -0.25) is 25.8 Å². The molecule has 0 radical (unpaired) electrons. The molecule has 3 N–H and O–H groups in total. The number of hydrazine groups is 1. The van der Waals surface area contributed by atoms with Crippen molar-refractivity contribution in [1.82, 2.24) is 10.9 Å². The van der Waals surface area contributed by atoms with Crippen LogP contribution in [0.4, 0.5) is 10.5 Å². The first kappa shape index (κ1) is 24.1. The highest BCUT2D eigenvalue weighted by molar-refractivity contribution is 5.97. The van der Waals surface area contributed by atoms with Crippen LogP contribution in [-0.2, 0) is 16.1 Å². The highest BCUT2D eigenvalue weighted by Crippen LogP contribution is 2.18. The predicted molar refractivity (Wildman–Crippen MR) is 125 cm³/mol. The van der Waals surface area contributed by atoms with E-state index in [4.69, 9.17) is 14.2 Å². The molecule has 0 fully saturated rings. The van der Waals surface area contributed by atoms with Crippen molar-refractivity contribution in [2.24, 2.45) is 0 Å². The minimum Gasteiger partial charge on any atom is -0.489 e. The number of carbonyl (C=O) groups is 3. The standard InChI is InChI=1S/C25H25N3O6/c1-2-32-25(31)26-20-10-6-9-19(15-20)24(30)28-27-23(29)17-34-22-13-11-21(12-14-22)33-16-18-7-4-3-5-8-18/h3-15H,2,16-17H2,1H3,(H,26,31)(H,27,29)(H,28,30). The average Bonchev–Trinajstić information content (AvgIpc) is 2.86. The summed E-state index contributed by atoms with van der Waals surface area (Å²) in [6.45, 7) is 2.07. The van der Waals surface area contributed by atoms with E-state index >= 15 is 0 Å². The summed E-state index contributed by atoms with van der Waals surface area (Å²) < 4.78 is 15.9. The van der Waals surface area contributed by atoms with E-state index in [9.17, 15) is 14.4 Å². The Labute approximate surface area is 197 Å². The van der Waals surface area contributed by atoms with Gasteiger partial charge in [-0.2, -0.15) is 0 Å². The molecule has 3 rings (SSSR count). The summed E-state index contributed by atoms with van der Waals surface area (Å²) in [6, 6.07) is 22.9. The second-order valence-corrected chi connectivity index (χ2v) is 6.96. The minimum absolute atomic E-state index is 0.228. The van der Waals surface area contributed by atoms with Crippen LogP contribution in [0.25, 0.3) is 0 Å². The molecule has 0 aliphatic rings. The van der Waals surface area contributed by atoms with Crippen LogP contribution in [0.1, 0.15) is 22.8 Å². The van der Waals surface area contributed by atoms with Gasteiger partial charge in [0.1, 0.15) is 18.1 Å². The van der Waals surface area contributed by atoms with Crippen LogP contribution in [0.15, 0.2) is 78.9 Å². The van der Waals surface area contributed by atoms with Crippen molar-refractivity contribution in [3.8, 4) is 11.5 Å².